The lowest BCUT2D eigenvalue weighted by Gasteiger charge is -2.33. The smallest absolute Gasteiger partial charge is 0.379 e. The predicted molar refractivity (Wildman–Crippen MR) is 158 cm³/mol. The monoisotopic (exact) mass is 579 g/mol. The standard InChI is InChI=1S/C32H36F3N5O2/c1-5-17-42-30(40-15-18-41-19-16-40)29-38-26-20-21(27-25(32(33,34)35)7-6-14-36-27)8-13-24(26)28(39-29)37-23-11-9-22(10-12-23)31(2,3)4/h6-14,20,30H,5,15-19H2,1-4H3,(H,37,38,39). The average Bonchev–Trinajstić information content (AvgIpc) is 2.97. The van der Waals surface area contributed by atoms with Crippen molar-refractivity contribution in [3.05, 3.63) is 77.7 Å². The van der Waals surface area contributed by atoms with Crippen LogP contribution >= 0.6 is 0 Å². The Kier molecular flexibility index (Phi) is 8.77. The number of hydrogen-bond donors (Lipinski definition) is 1. The van der Waals surface area contributed by atoms with E-state index in [-0.39, 0.29) is 11.1 Å². The first-order chi connectivity index (χ1) is 20.0. The minimum atomic E-state index is -4.54. The van der Waals surface area contributed by atoms with Crippen LogP contribution in [0.3, 0.4) is 0 Å². The van der Waals surface area contributed by atoms with E-state index in [1.807, 2.05) is 19.1 Å². The summed E-state index contributed by atoms with van der Waals surface area (Å²) in [4.78, 5) is 16.0. The van der Waals surface area contributed by atoms with Crippen LogP contribution in [-0.4, -0.2) is 52.8 Å². The third-order valence-electron chi connectivity index (χ3n) is 7.19. The van der Waals surface area contributed by atoms with Crippen molar-refractivity contribution in [2.45, 2.75) is 51.9 Å². The average molecular weight is 580 g/mol. The van der Waals surface area contributed by atoms with Gasteiger partial charge in [0.05, 0.1) is 30.0 Å². The highest BCUT2D eigenvalue weighted by Gasteiger charge is 2.34. The highest BCUT2D eigenvalue weighted by molar-refractivity contribution is 5.93. The number of anilines is 2. The molecule has 0 spiro atoms. The molecule has 222 valence electrons. The molecule has 2 aromatic carbocycles. The molecule has 1 aliphatic rings. The van der Waals surface area contributed by atoms with E-state index in [9.17, 15) is 13.2 Å². The molecule has 1 fully saturated rings. The summed E-state index contributed by atoms with van der Waals surface area (Å²) in [5, 5.41) is 4.10. The van der Waals surface area contributed by atoms with Crippen molar-refractivity contribution in [3.63, 3.8) is 0 Å². The summed E-state index contributed by atoms with van der Waals surface area (Å²) in [7, 11) is 0. The summed E-state index contributed by atoms with van der Waals surface area (Å²) in [5.74, 6) is 0.973. The molecule has 4 aromatic rings. The molecule has 1 unspecified atom stereocenters. The lowest BCUT2D eigenvalue weighted by Crippen LogP contribution is -2.41. The molecule has 0 radical (unpaired) electrons. The summed E-state index contributed by atoms with van der Waals surface area (Å²) >= 11 is 0. The summed E-state index contributed by atoms with van der Waals surface area (Å²) in [5.41, 5.74) is 1.90. The maximum Gasteiger partial charge on any atom is 0.418 e. The van der Waals surface area contributed by atoms with Gasteiger partial charge in [0.1, 0.15) is 5.82 Å². The number of benzene rings is 2. The molecule has 2 aromatic heterocycles. The second kappa shape index (κ2) is 12.3. The number of ether oxygens (including phenoxy) is 2. The van der Waals surface area contributed by atoms with Gasteiger partial charge in [-0.1, -0.05) is 45.9 Å². The molecule has 7 nitrogen and oxygen atoms in total. The number of nitrogens with zero attached hydrogens (tertiary/aromatic N) is 4. The number of pyridine rings is 1. The van der Waals surface area contributed by atoms with Crippen LogP contribution in [-0.2, 0) is 21.1 Å². The molecule has 0 bridgehead atoms. The normalized spacial score (nSPS) is 15.6. The Morgan fingerprint density at radius 1 is 1.00 bits per heavy atom. The molecule has 1 aliphatic heterocycles. The minimum absolute atomic E-state index is 0.00640. The largest absolute Gasteiger partial charge is 0.418 e. The van der Waals surface area contributed by atoms with E-state index in [1.54, 1.807) is 18.2 Å². The summed E-state index contributed by atoms with van der Waals surface area (Å²) in [6.45, 7) is 11.4. The number of alkyl halides is 3. The van der Waals surface area contributed by atoms with Crippen LogP contribution in [0.1, 0.15) is 57.3 Å². The van der Waals surface area contributed by atoms with Crippen LogP contribution in [0.2, 0.25) is 0 Å². The topological polar surface area (TPSA) is 72.4 Å². The number of nitrogens with one attached hydrogen (secondary N) is 1. The SMILES string of the molecule is CCCOC(c1nc(Nc2ccc(C(C)(C)C)cc2)c2ccc(-c3ncccc3C(F)(F)F)cc2n1)N1CCOCC1. The third-order valence-corrected chi connectivity index (χ3v) is 7.19. The molecule has 3 heterocycles. The second-order valence-electron chi connectivity index (χ2n) is 11.4. The summed E-state index contributed by atoms with van der Waals surface area (Å²) in [6.07, 6.45) is -2.91. The van der Waals surface area contributed by atoms with E-state index in [4.69, 9.17) is 19.4 Å². The van der Waals surface area contributed by atoms with E-state index in [0.29, 0.717) is 61.0 Å². The van der Waals surface area contributed by atoms with E-state index in [2.05, 4.69) is 48.1 Å². The second-order valence-corrected chi connectivity index (χ2v) is 11.4. The van der Waals surface area contributed by atoms with Gasteiger partial charge in [0, 0.05) is 42.5 Å². The number of rotatable bonds is 8. The molecule has 1 saturated heterocycles. The van der Waals surface area contributed by atoms with Gasteiger partial charge in [-0.15, -0.1) is 0 Å². The molecule has 0 saturated carbocycles. The van der Waals surface area contributed by atoms with Crippen LogP contribution in [0.5, 0.6) is 0 Å². The first kappa shape index (κ1) is 29.9. The summed E-state index contributed by atoms with van der Waals surface area (Å²) in [6, 6.07) is 15.5. The highest BCUT2D eigenvalue weighted by Crippen LogP contribution is 2.37. The zero-order valence-corrected chi connectivity index (χ0v) is 24.3. The third kappa shape index (κ3) is 6.72. The Morgan fingerprint density at radius 2 is 1.74 bits per heavy atom. The Hall–Kier alpha value is -3.60. The molecule has 1 N–H and O–H groups in total. The predicted octanol–water partition coefficient (Wildman–Crippen LogP) is 7.51. The van der Waals surface area contributed by atoms with Crippen molar-refractivity contribution in [2.24, 2.45) is 0 Å². The molecule has 1 atom stereocenters. The molecule has 10 heteroatoms. The maximum absolute atomic E-state index is 13.8. The lowest BCUT2D eigenvalue weighted by molar-refractivity contribution is -0.137. The van der Waals surface area contributed by atoms with Crippen LogP contribution < -0.4 is 5.32 Å². The van der Waals surface area contributed by atoms with Gasteiger partial charge in [-0.25, -0.2) is 9.97 Å². The Morgan fingerprint density at radius 3 is 2.40 bits per heavy atom. The van der Waals surface area contributed by atoms with E-state index >= 15 is 0 Å². The molecular weight excluding hydrogens is 543 g/mol. The van der Waals surface area contributed by atoms with Crippen LogP contribution in [0, 0.1) is 0 Å². The molecule has 0 amide bonds. The van der Waals surface area contributed by atoms with Crippen LogP contribution in [0.4, 0.5) is 24.7 Å². The van der Waals surface area contributed by atoms with Crippen molar-refractivity contribution in [2.75, 3.05) is 38.2 Å². The van der Waals surface area contributed by atoms with Crippen molar-refractivity contribution < 1.29 is 22.6 Å². The van der Waals surface area contributed by atoms with Gasteiger partial charge in [-0.3, -0.25) is 9.88 Å². The molecule has 0 aliphatic carbocycles. The van der Waals surface area contributed by atoms with E-state index in [0.717, 1.165) is 18.2 Å². The van der Waals surface area contributed by atoms with Crippen molar-refractivity contribution in [1.82, 2.24) is 19.9 Å². The highest BCUT2D eigenvalue weighted by atomic mass is 19.4. The van der Waals surface area contributed by atoms with Gasteiger partial charge in [-0.05, 0) is 53.8 Å². The number of halogens is 3. The maximum atomic E-state index is 13.8. The van der Waals surface area contributed by atoms with Crippen molar-refractivity contribution >= 4 is 22.4 Å². The van der Waals surface area contributed by atoms with Gasteiger partial charge < -0.3 is 14.8 Å². The number of morpholine rings is 1. The first-order valence-corrected chi connectivity index (χ1v) is 14.2. The quantitative estimate of drug-likeness (QED) is 0.232. The van der Waals surface area contributed by atoms with Gasteiger partial charge in [0.2, 0.25) is 0 Å². The molecule has 5 rings (SSSR count). The van der Waals surface area contributed by atoms with E-state index in [1.165, 1.54) is 17.8 Å². The van der Waals surface area contributed by atoms with Gasteiger partial charge in [-0.2, -0.15) is 13.2 Å². The number of aromatic nitrogens is 3. The summed E-state index contributed by atoms with van der Waals surface area (Å²) < 4.78 is 53.3. The van der Waals surface area contributed by atoms with Gasteiger partial charge in [0.25, 0.3) is 0 Å². The van der Waals surface area contributed by atoms with E-state index < -0.39 is 18.0 Å². The molecular formula is C32H36F3N5O2. The van der Waals surface area contributed by atoms with Gasteiger partial charge >= 0.3 is 6.18 Å². The Bertz CT molecular complexity index is 1510. The van der Waals surface area contributed by atoms with Crippen molar-refractivity contribution in [1.29, 1.82) is 0 Å². The van der Waals surface area contributed by atoms with Crippen LogP contribution in [0.25, 0.3) is 22.2 Å². The lowest BCUT2D eigenvalue weighted by atomic mass is 9.87. The minimum Gasteiger partial charge on any atom is -0.379 e. The van der Waals surface area contributed by atoms with Crippen LogP contribution in [0.15, 0.2) is 60.8 Å². The number of fused-ring (bicyclic) bond motifs is 1. The molecule has 42 heavy (non-hydrogen) atoms. The Labute approximate surface area is 244 Å². The number of hydrogen-bond acceptors (Lipinski definition) is 7. The fourth-order valence-electron chi connectivity index (χ4n) is 4.94. The zero-order chi connectivity index (χ0) is 29.9. The van der Waals surface area contributed by atoms with Crippen molar-refractivity contribution in [3.8, 4) is 11.3 Å². The zero-order valence-electron chi connectivity index (χ0n) is 24.3. The fourth-order valence-corrected chi connectivity index (χ4v) is 4.94. The first-order valence-electron chi connectivity index (χ1n) is 14.2. The van der Waals surface area contributed by atoms with Gasteiger partial charge in [0.15, 0.2) is 12.1 Å². The fraction of sp³-hybridized carbons (Fsp3) is 0.406. The Balaban J connectivity index is 1.63.